The number of hydrogen-bond donors (Lipinski definition) is 1. The van der Waals surface area contributed by atoms with E-state index in [1.165, 1.54) is 12.1 Å². The second kappa shape index (κ2) is 9.04. The molecule has 2 heterocycles. The largest absolute Gasteiger partial charge is 0.488 e. The highest BCUT2D eigenvalue weighted by Gasteiger charge is 2.29. The number of benzene rings is 2. The number of hydrazine groups is 1. The number of aromatic nitrogens is 2. The van der Waals surface area contributed by atoms with Crippen molar-refractivity contribution in [2.24, 2.45) is 0 Å². The average Bonchev–Trinajstić information content (AvgIpc) is 2.75. The molecule has 0 fully saturated rings. The van der Waals surface area contributed by atoms with E-state index in [0.717, 1.165) is 12.1 Å². The van der Waals surface area contributed by atoms with Crippen LogP contribution in [-0.2, 0) is 12.7 Å². The zero-order chi connectivity index (χ0) is 21.7. The lowest BCUT2D eigenvalue weighted by Gasteiger charge is -2.25. The molecule has 0 bridgehead atoms. The zero-order valence-electron chi connectivity index (χ0n) is 16.2. The van der Waals surface area contributed by atoms with E-state index in [-0.39, 0.29) is 0 Å². The summed E-state index contributed by atoms with van der Waals surface area (Å²) in [6, 6.07) is 11.6. The first kappa shape index (κ1) is 20.7. The van der Waals surface area contributed by atoms with Crippen molar-refractivity contribution in [3.8, 4) is 23.3 Å². The number of hydrogen-bond acceptors (Lipinski definition) is 6. The Kier molecular flexibility index (Phi) is 6.02. The van der Waals surface area contributed by atoms with Crippen molar-refractivity contribution >= 4 is 0 Å². The predicted octanol–water partition coefficient (Wildman–Crippen LogP) is 3.59. The van der Waals surface area contributed by atoms with E-state index >= 15 is 0 Å². The molecule has 0 spiro atoms. The third-order valence-corrected chi connectivity index (χ3v) is 4.36. The molecule has 2 aromatic carbocycles. The van der Waals surface area contributed by atoms with Gasteiger partial charge in [-0.25, -0.2) is 15.0 Å². The van der Waals surface area contributed by atoms with Gasteiger partial charge in [0.25, 0.3) is 0 Å². The molecule has 0 saturated carbocycles. The molecule has 3 aromatic rings. The van der Waals surface area contributed by atoms with Crippen molar-refractivity contribution in [3.63, 3.8) is 0 Å². The van der Waals surface area contributed by atoms with Crippen LogP contribution in [0.2, 0.25) is 0 Å². The van der Waals surface area contributed by atoms with Crippen LogP contribution in [0.1, 0.15) is 22.5 Å². The molecule has 0 atom stereocenters. The molecule has 0 unspecified atom stereocenters. The average molecular weight is 426 g/mol. The molecule has 9 heteroatoms. The summed E-state index contributed by atoms with van der Waals surface area (Å²) in [6.45, 7) is 1.40. The van der Waals surface area contributed by atoms with Gasteiger partial charge < -0.3 is 9.57 Å². The summed E-state index contributed by atoms with van der Waals surface area (Å²) < 4.78 is 43.8. The molecule has 0 amide bonds. The highest BCUT2D eigenvalue weighted by Crippen LogP contribution is 2.30. The number of ether oxygens (including phenoxy) is 1. The molecule has 1 aliphatic rings. The van der Waals surface area contributed by atoms with Crippen LogP contribution in [0.5, 0.6) is 11.5 Å². The van der Waals surface area contributed by atoms with E-state index in [9.17, 15) is 13.2 Å². The van der Waals surface area contributed by atoms with Gasteiger partial charge in [-0.15, -0.1) is 0 Å². The van der Waals surface area contributed by atoms with Crippen LogP contribution in [0.4, 0.5) is 13.2 Å². The summed E-state index contributed by atoms with van der Waals surface area (Å²) in [7, 11) is 0. The van der Waals surface area contributed by atoms with Crippen molar-refractivity contribution in [1.82, 2.24) is 20.6 Å². The number of halogens is 3. The summed E-state index contributed by atoms with van der Waals surface area (Å²) in [5, 5.41) is 1.78. The highest BCUT2D eigenvalue weighted by atomic mass is 19.4. The molecule has 0 radical (unpaired) electrons. The quantitative estimate of drug-likeness (QED) is 0.632. The molecular formula is C22H17F3N4O2. The van der Waals surface area contributed by atoms with Gasteiger partial charge in [-0.2, -0.15) is 13.2 Å². The summed E-state index contributed by atoms with van der Waals surface area (Å²) in [6.07, 6.45) is -1.03. The fourth-order valence-corrected chi connectivity index (χ4v) is 2.79. The van der Waals surface area contributed by atoms with Crippen LogP contribution in [0, 0.1) is 11.8 Å². The molecular weight excluding hydrogens is 409 g/mol. The van der Waals surface area contributed by atoms with E-state index in [4.69, 9.17) is 9.57 Å². The lowest BCUT2D eigenvalue weighted by molar-refractivity contribution is -0.137. The van der Waals surface area contributed by atoms with Crippen LogP contribution < -0.4 is 15.2 Å². The smallest absolute Gasteiger partial charge is 0.416 e. The molecule has 158 valence electrons. The van der Waals surface area contributed by atoms with Gasteiger partial charge in [0.1, 0.15) is 12.4 Å². The van der Waals surface area contributed by atoms with E-state index in [1.807, 2.05) is 0 Å². The predicted molar refractivity (Wildman–Crippen MR) is 106 cm³/mol. The molecule has 6 nitrogen and oxygen atoms in total. The van der Waals surface area contributed by atoms with Crippen LogP contribution in [0.15, 0.2) is 60.9 Å². The van der Waals surface area contributed by atoms with Gasteiger partial charge in [0, 0.05) is 29.6 Å². The molecule has 0 saturated heterocycles. The van der Waals surface area contributed by atoms with Crippen molar-refractivity contribution in [2.45, 2.75) is 12.7 Å². The maximum atomic E-state index is 12.7. The maximum Gasteiger partial charge on any atom is 0.416 e. The Morgan fingerprint density at radius 1 is 0.968 bits per heavy atom. The minimum Gasteiger partial charge on any atom is -0.488 e. The fourth-order valence-electron chi connectivity index (χ4n) is 2.79. The minimum absolute atomic E-state index is 0.423. The van der Waals surface area contributed by atoms with Crippen LogP contribution >= 0.6 is 0 Å². The number of nitrogens with zero attached hydrogens (tertiary/aromatic N) is 3. The first-order valence-electron chi connectivity index (χ1n) is 9.37. The third-order valence-electron chi connectivity index (χ3n) is 4.36. The maximum absolute atomic E-state index is 12.7. The second-order valence-electron chi connectivity index (χ2n) is 6.62. The fraction of sp³-hybridized carbons (Fsp3) is 0.182. The first-order valence-corrected chi connectivity index (χ1v) is 9.37. The van der Waals surface area contributed by atoms with Gasteiger partial charge in [-0.05, 0) is 42.5 Å². The summed E-state index contributed by atoms with van der Waals surface area (Å²) in [4.78, 5) is 14.0. The van der Waals surface area contributed by atoms with Gasteiger partial charge in [-0.3, -0.25) is 0 Å². The van der Waals surface area contributed by atoms with Crippen molar-refractivity contribution in [1.29, 1.82) is 0 Å². The normalized spacial score (nSPS) is 14.2. The van der Waals surface area contributed by atoms with E-state index in [2.05, 4.69) is 27.4 Å². The monoisotopic (exact) mass is 426 g/mol. The lowest BCUT2D eigenvalue weighted by atomic mass is 10.1. The minimum atomic E-state index is -4.37. The Morgan fingerprint density at radius 3 is 2.42 bits per heavy atom. The number of nitrogens with one attached hydrogen (secondary N) is 1. The number of rotatable bonds is 2. The van der Waals surface area contributed by atoms with Crippen molar-refractivity contribution in [3.05, 3.63) is 83.4 Å². The standard InChI is InChI=1S/C22H17F3N4O2/c23-22(24,25)18-7-4-16(5-8-18)2-3-17-6-9-19-20(14-17)31-28-29(12-13-30-19)15-21-26-10-1-11-27-21/h1,4-11,14,28H,12-13,15H2. The molecule has 0 aliphatic carbocycles. The summed E-state index contributed by atoms with van der Waals surface area (Å²) in [5.74, 6) is 7.42. The summed E-state index contributed by atoms with van der Waals surface area (Å²) >= 11 is 0. The van der Waals surface area contributed by atoms with Gasteiger partial charge in [-0.1, -0.05) is 17.4 Å². The van der Waals surface area contributed by atoms with Gasteiger partial charge in [0.05, 0.1) is 18.7 Å². The Hall–Kier alpha value is -3.61. The Balaban J connectivity index is 1.45. The third kappa shape index (κ3) is 5.51. The van der Waals surface area contributed by atoms with Crippen molar-refractivity contribution < 1.29 is 22.7 Å². The molecule has 1 N–H and O–H groups in total. The van der Waals surface area contributed by atoms with Crippen LogP contribution in [0.3, 0.4) is 0 Å². The Labute approximate surface area is 176 Å². The van der Waals surface area contributed by atoms with E-state index in [0.29, 0.717) is 48.1 Å². The molecule has 4 rings (SSSR count). The van der Waals surface area contributed by atoms with E-state index in [1.54, 1.807) is 41.7 Å². The Bertz CT molecular complexity index is 1090. The second-order valence-corrected chi connectivity index (χ2v) is 6.62. The number of fused-ring (bicyclic) bond motifs is 1. The van der Waals surface area contributed by atoms with Gasteiger partial charge in [0.2, 0.25) is 0 Å². The zero-order valence-corrected chi connectivity index (χ0v) is 16.2. The van der Waals surface area contributed by atoms with Crippen LogP contribution in [-0.4, -0.2) is 28.1 Å². The van der Waals surface area contributed by atoms with Gasteiger partial charge in [0.15, 0.2) is 11.5 Å². The lowest BCUT2D eigenvalue weighted by Crippen LogP contribution is -2.43. The number of alkyl halides is 3. The highest BCUT2D eigenvalue weighted by molar-refractivity contribution is 5.50. The summed E-state index contributed by atoms with van der Waals surface area (Å²) in [5.41, 5.74) is 3.26. The molecule has 1 aromatic heterocycles. The van der Waals surface area contributed by atoms with Gasteiger partial charge >= 0.3 is 6.18 Å². The van der Waals surface area contributed by atoms with Crippen LogP contribution in [0.25, 0.3) is 0 Å². The van der Waals surface area contributed by atoms with E-state index < -0.39 is 11.7 Å². The van der Waals surface area contributed by atoms with Crippen molar-refractivity contribution in [2.75, 3.05) is 13.2 Å². The Morgan fingerprint density at radius 2 is 1.68 bits per heavy atom. The SMILES string of the molecule is FC(F)(F)c1ccc(C#Cc2ccc3c(c2)ONN(Cc2ncccn2)CCO3)cc1. The topological polar surface area (TPSA) is 59.5 Å². The first-order chi connectivity index (χ1) is 15.0. The molecule has 31 heavy (non-hydrogen) atoms. The molecule has 1 aliphatic heterocycles.